The molecule has 1 amide bonds. The van der Waals surface area contributed by atoms with Gasteiger partial charge in [-0.25, -0.2) is 4.99 Å². The van der Waals surface area contributed by atoms with Gasteiger partial charge >= 0.3 is 0 Å². The standard InChI is InChI=1S/C11H17NO2/c1-3-11(14)12-10-6-4-9(5-7-10)8(2)13/h9H,3-7H2,1-2H3. The van der Waals surface area contributed by atoms with Crippen molar-refractivity contribution in [3.63, 3.8) is 0 Å². The van der Waals surface area contributed by atoms with Crippen molar-refractivity contribution in [2.75, 3.05) is 0 Å². The van der Waals surface area contributed by atoms with Crippen LogP contribution in [0.4, 0.5) is 0 Å². The molecule has 0 aromatic heterocycles. The highest BCUT2D eigenvalue weighted by Crippen LogP contribution is 2.23. The van der Waals surface area contributed by atoms with Gasteiger partial charge in [0.25, 0.3) is 0 Å². The summed E-state index contributed by atoms with van der Waals surface area (Å²) in [6.45, 7) is 3.46. The predicted octanol–water partition coefficient (Wildman–Crippen LogP) is 2.14. The van der Waals surface area contributed by atoms with Crippen LogP contribution in [0.1, 0.15) is 46.0 Å². The molecule has 0 saturated heterocycles. The maximum Gasteiger partial charge on any atom is 0.245 e. The van der Waals surface area contributed by atoms with E-state index in [1.165, 1.54) is 0 Å². The molecule has 0 aliphatic heterocycles. The lowest BCUT2D eigenvalue weighted by Crippen LogP contribution is -2.20. The fourth-order valence-corrected chi connectivity index (χ4v) is 1.72. The van der Waals surface area contributed by atoms with Crippen LogP contribution in [0.15, 0.2) is 4.99 Å². The Morgan fingerprint density at radius 2 is 1.93 bits per heavy atom. The van der Waals surface area contributed by atoms with Crippen LogP contribution in [0.3, 0.4) is 0 Å². The number of aliphatic imine (C=N–C) groups is 1. The number of amides is 1. The smallest absolute Gasteiger partial charge is 0.245 e. The minimum atomic E-state index is -0.0405. The van der Waals surface area contributed by atoms with Crippen molar-refractivity contribution >= 4 is 17.4 Å². The molecule has 0 radical (unpaired) electrons. The summed E-state index contributed by atoms with van der Waals surface area (Å²) >= 11 is 0. The van der Waals surface area contributed by atoms with Gasteiger partial charge in [0.05, 0.1) is 0 Å². The van der Waals surface area contributed by atoms with Gasteiger partial charge in [-0.05, 0) is 32.6 Å². The Hall–Kier alpha value is -0.990. The summed E-state index contributed by atoms with van der Waals surface area (Å²) in [4.78, 5) is 26.1. The third kappa shape index (κ3) is 3.05. The molecule has 0 unspecified atom stereocenters. The Labute approximate surface area is 84.6 Å². The molecule has 0 heterocycles. The van der Waals surface area contributed by atoms with Crippen molar-refractivity contribution in [2.24, 2.45) is 10.9 Å². The molecule has 1 rings (SSSR count). The zero-order valence-corrected chi connectivity index (χ0v) is 8.88. The molecule has 1 aliphatic carbocycles. The van der Waals surface area contributed by atoms with E-state index in [9.17, 15) is 9.59 Å². The van der Waals surface area contributed by atoms with Gasteiger partial charge in [0.2, 0.25) is 5.91 Å². The summed E-state index contributed by atoms with van der Waals surface area (Å²) in [7, 11) is 0. The van der Waals surface area contributed by atoms with Gasteiger partial charge in [0.15, 0.2) is 0 Å². The molecule has 0 N–H and O–H groups in total. The molecule has 0 aromatic carbocycles. The highest BCUT2D eigenvalue weighted by atomic mass is 16.1. The van der Waals surface area contributed by atoms with Crippen molar-refractivity contribution in [3.8, 4) is 0 Å². The van der Waals surface area contributed by atoms with Gasteiger partial charge < -0.3 is 0 Å². The van der Waals surface area contributed by atoms with Gasteiger partial charge in [-0.2, -0.15) is 0 Å². The fraction of sp³-hybridized carbons (Fsp3) is 0.727. The second-order valence-corrected chi connectivity index (χ2v) is 3.81. The van der Waals surface area contributed by atoms with E-state index in [0.29, 0.717) is 6.42 Å². The Bertz CT molecular complexity index is 258. The van der Waals surface area contributed by atoms with E-state index in [4.69, 9.17) is 0 Å². The predicted molar refractivity (Wildman–Crippen MR) is 55.4 cm³/mol. The molecule has 0 spiro atoms. The molecule has 3 nitrogen and oxygen atoms in total. The quantitative estimate of drug-likeness (QED) is 0.677. The first-order valence-electron chi connectivity index (χ1n) is 5.23. The lowest BCUT2D eigenvalue weighted by molar-refractivity contribution is -0.121. The Morgan fingerprint density at radius 3 is 2.36 bits per heavy atom. The molecule has 1 fully saturated rings. The van der Waals surface area contributed by atoms with E-state index >= 15 is 0 Å². The molecule has 78 valence electrons. The van der Waals surface area contributed by atoms with Crippen molar-refractivity contribution in [2.45, 2.75) is 46.0 Å². The highest BCUT2D eigenvalue weighted by Gasteiger charge is 2.21. The number of ketones is 1. The average molecular weight is 195 g/mol. The molecule has 0 bridgehead atoms. The summed E-state index contributed by atoms with van der Waals surface area (Å²) in [5.74, 6) is 0.429. The third-order valence-electron chi connectivity index (χ3n) is 2.72. The first-order chi connectivity index (χ1) is 6.63. The maximum atomic E-state index is 11.1. The highest BCUT2D eigenvalue weighted by molar-refractivity contribution is 5.96. The lowest BCUT2D eigenvalue weighted by Gasteiger charge is -2.20. The molecule has 14 heavy (non-hydrogen) atoms. The van der Waals surface area contributed by atoms with Crippen LogP contribution in [0.25, 0.3) is 0 Å². The molecule has 1 saturated carbocycles. The van der Waals surface area contributed by atoms with E-state index in [2.05, 4.69) is 4.99 Å². The second kappa shape index (κ2) is 5.03. The van der Waals surface area contributed by atoms with Gasteiger partial charge in [-0.3, -0.25) is 9.59 Å². The molecule has 0 atom stereocenters. The van der Waals surface area contributed by atoms with E-state index in [1.54, 1.807) is 6.92 Å². The van der Waals surface area contributed by atoms with Crippen LogP contribution < -0.4 is 0 Å². The van der Waals surface area contributed by atoms with Crippen molar-refractivity contribution in [3.05, 3.63) is 0 Å². The van der Waals surface area contributed by atoms with E-state index < -0.39 is 0 Å². The van der Waals surface area contributed by atoms with Gasteiger partial charge in [-0.15, -0.1) is 0 Å². The van der Waals surface area contributed by atoms with E-state index in [0.717, 1.165) is 31.4 Å². The summed E-state index contributed by atoms with van der Waals surface area (Å²) in [6.07, 6.45) is 3.84. The van der Waals surface area contributed by atoms with Crippen molar-refractivity contribution < 1.29 is 9.59 Å². The summed E-state index contributed by atoms with van der Waals surface area (Å²) in [5.41, 5.74) is 0.981. The number of carbonyl (C=O) groups is 2. The number of hydrogen-bond donors (Lipinski definition) is 0. The SMILES string of the molecule is CCC(=O)N=C1CCC(C(C)=O)CC1. The number of rotatable bonds is 2. The zero-order chi connectivity index (χ0) is 10.6. The Morgan fingerprint density at radius 1 is 1.36 bits per heavy atom. The molecular formula is C11H17NO2. The average Bonchev–Trinajstić information content (AvgIpc) is 2.18. The fourth-order valence-electron chi connectivity index (χ4n) is 1.72. The van der Waals surface area contributed by atoms with E-state index in [-0.39, 0.29) is 17.6 Å². The summed E-state index contributed by atoms with van der Waals surface area (Å²) in [6, 6.07) is 0. The first kappa shape index (κ1) is 11.1. The largest absolute Gasteiger partial charge is 0.300 e. The van der Waals surface area contributed by atoms with Crippen molar-refractivity contribution in [1.29, 1.82) is 0 Å². The third-order valence-corrected chi connectivity index (χ3v) is 2.72. The molecule has 1 aliphatic rings. The number of carbonyl (C=O) groups excluding carboxylic acids is 2. The molecular weight excluding hydrogens is 178 g/mol. The van der Waals surface area contributed by atoms with Crippen LogP contribution in [-0.2, 0) is 9.59 Å². The summed E-state index contributed by atoms with van der Waals surface area (Å²) in [5, 5.41) is 0. The summed E-state index contributed by atoms with van der Waals surface area (Å²) < 4.78 is 0. The Kier molecular flexibility index (Phi) is 3.98. The molecule has 0 aromatic rings. The maximum absolute atomic E-state index is 11.1. The van der Waals surface area contributed by atoms with Gasteiger partial charge in [0, 0.05) is 18.1 Å². The number of hydrogen-bond acceptors (Lipinski definition) is 2. The minimum absolute atomic E-state index is 0.0405. The van der Waals surface area contributed by atoms with Crippen molar-refractivity contribution in [1.82, 2.24) is 0 Å². The normalized spacial score (nSPS) is 21.9. The van der Waals surface area contributed by atoms with E-state index in [1.807, 2.05) is 6.92 Å². The number of nitrogens with zero attached hydrogens (tertiary/aromatic N) is 1. The van der Waals surface area contributed by atoms with Gasteiger partial charge in [-0.1, -0.05) is 6.92 Å². The lowest BCUT2D eigenvalue weighted by atomic mass is 9.85. The van der Waals surface area contributed by atoms with Crippen LogP contribution in [0, 0.1) is 5.92 Å². The molecule has 3 heteroatoms. The van der Waals surface area contributed by atoms with Crippen LogP contribution in [0.2, 0.25) is 0 Å². The number of Topliss-reactive ketones (excluding diaryl/α,β-unsaturated/α-hetero) is 1. The monoisotopic (exact) mass is 195 g/mol. The zero-order valence-electron chi connectivity index (χ0n) is 8.88. The van der Waals surface area contributed by atoms with Crippen LogP contribution >= 0.6 is 0 Å². The van der Waals surface area contributed by atoms with Gasteiger partial charge in [0.1, 0.15) is 5.78 Å². The minimum Gasteiger partial charge on any atom is -0.300 e. The second-order valence-electron chi connectivity index (χ2n) is 3.81. The Balaban J connectivity index is 2.46. The van der Waals surface area contributed by atoms with Crippen LogP contribution in [-0.4, -0.2) is 17.4 Å². The van der Waals surface area contributed by atoms with Crippen LogP contribution in [0.5, 0.6) is 0 Å². The topological polar surface area (TPSA) is 46.5 Å². The first-order valence-corrected chi connectivity index (χ1v) is 5.23.